The van der Waals surface area contributed by atoms with E-state index in [0.717, 1.165) is 10.1 Å². The summed E-state index contributed by atoms with van der Waals surface area (Å²) in [4.78, 5) is 32.2. The molecule has 0 aliphatic rings. The average molecular weight is 339 g/mol. The Bertz CT molecular complexity index is 1070. The van der Waals surface area contributed by atoms with Gasteiger partial charge in [0.05, 0.1) is 6.54 Å². The Balaban J connectivity index is 1.89. The molecule has 0 saturated carbocycles. The van der Waals surface area contributed by atoms with Crippen LogP contribution in [0.25, 0.3) is 11.4 Å². The van der Waals surface area contributed by atoms with Crippen LogP contribution in [0.15, 0.2) is 38.6 Å². The van der Waals surface area contributed by atoms with Gasteiger partial charge < -0.3 is 9.84 Å². The molecule has 0 aliphatic heterocycles. The molecule has 3 rings (SSSR count). The molecule has 3 heterocycles. The molecule has 0 amide bonds. The molecule has 0 unspecified atom stereocenters. The lowest BCUT2D eigenvalue weighted by Gasteiger charge is -2.12. The number of hydrogen-bond donors (Lipinski definition) is 1. The lowest BCUT2D eigenvalue weighted by atomic mass is 10.2. The summed E-state index contributed by atoms with van der Waals surface area (Å²) >= 11 is 0. The van der Waals surface area contributed by atoms with Crippen molar-refractivity contribution < 1.29 is 4.52 Å². The predicted molar refractivity (Wildman–Crippen MR) is 86.5 cm³/mol. The average Bonchev–Trinajstić information content (AvgIpc) is 3.11. The van der Waals surface area contributed by atoms with E-state index in [4.69, 9.17) is 4.52 Å². The van der Waals surface area contributed by atoms with Crippen molar-refractivity contribution in [3.8, 4) is 17.5 Å². The van der Waals surface area contributed by atoms with Gasteiger partial charge in [-0.2, -0.15) is 10.2 Å². The molecular formula is C15H13N7O3. The van der Waals surface area contributed by atoms with E-state index in [9.17, 15) is 14.9 Å². The van der Waals surface area contributed by atoms with Crippen LogP contribution in [-0.2, 0) is 20.6 Å². The zero-order valence-corrected chi connectivity index (χ0v) is 13.4. The van der Waals surface area contributed by atoms with Crippen molar-refractivity contribution >= 4 is 5.82 Å². The van der Waals surface area contributed by atoms with Crippen molar-refractivity contribution in [1.29, 1.82) is 5.26 Å². The van der Waals surface area contributed by atoms with Crippen LogP contribution in [0.1, 0.15) is 11.5 Å². The molecule has 126 valence electrons. The topological polar surface area (TPSA) is 132 Å². The van der Waals surface area contributed by atoms with E-state index in [2.05, 4.69) is 20.4 Å². The van der Waals surface area contributed by atoms with Gasteiger partial charge in [0.2, 0.25) is 11.7 Å². The fourth-order valence-corrected chi connectivity index (χ4v) is 2.26. The Morgan fingerprint density at radius 3 is 2.64 bits per heavy atom. The van der Waals surface area contributed by atoms with Gasteiger partial charge in [0, 0.05) is 32.1 Å². The van der Waals surface area contributed by atoms with Crippen molar-refractivity contribution in [2.24, 2.45) is 14.1 Å². The van der Waals surface area contributed by atoms with Crippen molar-refractivity contribution in [2.75, 3.05) is 5.32 Å². The molecule has 1 N–H and O–H groups in total. The number of nitriles is 1. The Labute approximate surface area is 141 Å². The van der Waals surface area contributed by atoms with Crippen LogP contribution in [-0.4, -0.2) is 24.3 Å². The van der Waals surface area contributed by atoms with Gasteiger partial charge in [-0.1, -0.05) is 5.16 Å². The molecule has 0 atom stereocenters. The summed E-state index contributed by atoms with van der Waals surface area (Å²) in [6.07, 6.45) is 3.22. The summed E-state index contributed by atoms with van der Waals surface area (Å²) in [5.41, 5.74) is -0.646. The molecule has 10 heteroatoms. The molecule has 0 spiro atoms. The number of rotatable bonds is 4. The third-order valence-corrected chi connectivity index (χ3v) is 3.59. The monoisotopic (exact) mass is 339 g/mol. The fraction of sp³-hybridized carbons (Fsp3) is 0.200. The molecule has 0 saturated heterocycles. The number of hydrogen-bond acceptors (Lipinski definition) is 8. The van der Waals surface area contributed by atoms with E-state index in [-0.39, 0.29) is 23.8 Å². The molecule has 0 aliphatic carbocycles. The Kier molecular flexibility index (Phi) is 4.13. The van der Waals surface area contributed by atoms with Gasteiger partial charge in [0.25, 0.3) is 5.56 Å². The van der Waals surface area contributed by atoms with Crippen LogP contribution in [0.2, 0.25) is 0 Å². The van der Waals surface area contributed by atoms with E-state index in [1.54, 1.807) is 24.5 Å². The first-order valence-electron chi connectivity index (χ1n) is 7.20. The number of aromatic nitrogens is 5. The fourth-order valence-electron chi connectivity index (χ4n) is 2.26. The van der Waals surface area contributed by atoms with Crippen LogP contribution in [0.5, 0.6) is 0 Å². The number of nitrogens with zero attached hydrogens (tertiary/aromatic N) is 6. The standard InChI is InChI=1S/C15H13N7O3/c1-21-13(10(7-16)14(23)22(2)15(21)24)18-8-11-19-12(20-25-11)9-3-5-17-6-4-9/h3-6,18H,8H2,1-2H3. The number of anilines is 1. The van der Waals surface area contributed by atoms with Crippen LogP contribution in [0, 0.1) is 11.3 Å². The van der Waals surface area contributed by atoms with Gasteiger partial charge in [-0.15, -0.1) is 0 Å². The SMILES string of the molecule is Cn1c(NCc2nc(-c3ccncc3)no2)c(C#N)c(=O)n(C)c1=O. The second-order valence-electron chi connectivity index (χ2n) is 5.14. The highest BCUT2D eigenvalue weighted by atomic mass is 16.5. The molecule has 3 aromatic rings. The van der Waals surface area contributed by atoms with E-state index >= 15 is 0 Å². The summed E-state index contributed by atoms with van der Waals surface area (Å²) in [6.45, 7) is 0.0488. The lowest BCUT2D eigenvalue weighted by Crippen LogP contribution is -2.39. The van der Waals surface area contributed by atoms with Gasteiger partial charge in [-0.05, 0) is 12.1 Å². The number of pyridine rings is 1. The van der Waals surface area contributed by atoms with E-state index in [1.165, 1.54) is 18.7 Å². The lowest BCUT2D eigenvalue weighted by molar-refractivity contribution is 0.383. The molecular weight excluding hydrogens is 326 g/mol. The van der Waals surface area contributed by atoms with Crippen LogP contribution in [0.4, 0.5) is 5.82 Å². The molecule has 3 aromatic heterocycles. The van der Waals surface area contributed by atoms with Gasteiger partial charge in [-0.25, -0.2) is 4.79 Å². The highest BCUT2D eigenvalue weighted by Gasteiger charge is 2.16. The van der Waals surface area contributed by atoms with Gasteiger partial charge in [-0.3, -0.25) is 18.9 Å². The van der Waals surface area contributed by atoms with E-state index < -0.39 is 11.2 Å². The molecule has 10 nitrogen and oxygen atoms in total. The number of nitrogens with one attached hydrogen (secondary N) is 1. The zero-order chi connectivity index (χ0) is 18.0. The van der Waals surface area contributed by atoms with Crippen LogP contribution >= 0.6 is 0 Å². The van der Waals surface area contributed by atoms with Gasteiger partial charge in [0.15, 0.2) is 5.56 Å². The Hall–Kier alpha value is -3.74. The van der Waals surface area contributed by atoms with Crippen molar-refractivity contribution in [1.82, 2.24) is 24.3 Å². The molecule has 25 heavy (non-hydrogen) atoms. The van der Waals surface area contributed by atoms with Crippen molar-refractivity contribution in [3.05, 3.63) is 56.8 Å². The first kappa shape index (κ1) is 16.1. The third-order valence-electron chi connectivity index (χ3n) is 3.59. The largest absolute Gasteiger partial charge is 0.361 e. The minimum Gasteiger partial charge on any atom is -0.361 e. The first-order chi connectivity index (χ1) is 12.0. The van der Waals surface area contributed by atoms with Gasteiger partial charge in [0.1, 0.15) is 11.9 Å². The predicted octanol–water partition coefficient (Wildman–Crippen LogP) is 0.0128. The Morgan fingerprint density at radius 2 is 1.96 bits per heavy atom. The van der Waals surface area contributed by atoms with Crippen LogP contribution < -0.4 is 16.6 Å². The highest BCUT2D eigenvalue weighted by Crippen LogP contribution is 2.15. The highest BCUT2D eigenvalue weighted by molar-refractivity contribution is 5.53. The summed E-state index contributed by atoms with van der Waals surface area (Å²) in [5, 5.41) is 15.9. The van der Waals surface area contributed by atoms with E-state index in [0.29, 0.717) is 5.82 Å². The molecule has 0 bridgehead atoms. The molecule has 0 fully saturated rings. The smallest absolute Gasteiger partial charge is 0.332 e. The molecule has 0 aromatic carbocycles. The normalized spacial score (nSPS) is 10.4. The quantitative estimate of drug-likeness (QED) is 0.703. The maximum atomic E-state index is 12.0. The third kappa shape index (κ3) is 2.90. The second-order valence-corrected chi connectivity index (χ2v) is 5.14. The second kappa shape index (κ2) is 6.40. The minimum atomic E-state index is -0.670. The summed E-state index contributed by atoms with van der Waals surface area (Å²) in [5.74, 6) is 0.723. The van der Waals surface area contributed by atoms with Crippen molar-refractivity contribution in [2.45, 2.75) is 6.54 Å². The Morgan fingerprint density at radius 1 is 1.24 bits per heavy atom. The van der Waals surface area contributed by atoms with E-state index in [1.807, 2.05) is 6.07 Å². The van der Waals surface area contributed by atoms with Crippen LogP contribution in [0.3, 0.4) is 0 Å². The zero-order valence-electron chi connectivity index (χ0n) is 13.4. The van der Waals surface area contributed by atoms with Crippen molar-refractivity contribution in [3.63, 3.8) is 0 Å². The maximum Gasteiger partial charge on any atom is 0.332 e. The summed E-state index contributed by atoms with van der Waals surface area (Å²) < 4.78 is 7.19. The maximum absolute atomic E-state index is 12.0. The molecule has 0 radical (unpaired) electrons. The minimum absolute atomic E-state index is 0.0488. The summed E-state index contributed by atoms with van der Waals surface area (Å²) in [6, 6.07) is 5.28. The van der Waals surface area contributed by atoms with Gasteiger partial charge >= 0.3 is 5.69 Å². The summed E-state index contributed by atoms with van der Waals surface area (Å²) in [7, 11) is 2.77. The first-order valence-corrected chi connectivity index (χ1v) is 7.20.